The molecule has 0 aromatic rings. The fourth-order valence-corrected chi connectivity index (χ4v) is 2.33. The Kier molecular flexibility index (Phi) is 2.81. The topological polar surface area (TPSA) is 102 Å². The van der Waals surface area contributed by atoms with Crippen LogP contribution >= 0.6 is 0 Å². The van der Waals surface area contributed by atoms with Crippen LogP contribution in [0.5, 0.6) is 0 Å². The number of ether oxygens (including phenoxy) is 3. The van der Waals surface area contributed by atoms with Gasteiger partial charge < -0.3 is 19.9 Å². The smallest absolute Gasteiger partial charge is 0.164 e. The summed E-state index contributed by atoms with van der Waals surface area (Å²) in [6, 6.07) is 0. The standard InChI is InChI=1S/C9H16N4O3/c1-8(2)15-7-6(3-12-13-11)14-5-9(7,4-10)16-8/h6-7H,3-5,10H2,1-2H3/t6-,7-,9+/m1/s1. The molecule has 0 amide bonds. The van der Waals surface area contributed by atoms with Crippen molar-refractivity contribution in [3.05, 3.63) is 10.4 Å². The Hall–Kier alpha value is -0.850. The monoisotopic (exact) mass is 228 g/mol. The summed E-state index contributed by atoms with van der Waals surface area (Å²) in [5.41, 5.74) is 13.4. The predicted molar refractivity (Wildman–Crippen MR) is 55.6 cm³/mol. The number of rotatable bonds is 3. The lowest BCUT2D eigenvalue weighted by atomic mass is 9.97. The third kappa shape index (κ3) is 1.77. The van der Waals surface area contributed by atoms with E-state index in [9.17, 15) is 0 Å². The van der Waals surface area contributed by atoms with E-state index in [1.807, 2.05) is 13.8 Å². The van der Waals surface area contributed by atoms with Gasteiger partial charge in [0.1, 0.15) is 11.7 Å². The first-order valence-electron chi connectivity index (χ1n) is 5.23. The highest BCUT2D eigenvalue weighted by atomic mass is 16.8. The average molecular weight is 228 g/mol. The molecule has 2 saturated heterocycles. The van der Waals surface area contributed by atoms with E-state index in [-0.39, 0.29) is 18.8 Å². The predicted octanol–water partition coefficient (Wildman–Crippen LogP) is 0.545. The molecule has 2 fully saturated rings. The van der Waals surface area contributed by atoms with Crippen molar-refractivity contribution >= 4 is 0 Å². The second-order valence-electron chi connectivity index (χ2n) is 4.57. The van der Waals surface area contributed by atoms with Gasteiger partial charge in [0.25, 0.3) is 0 Å². The van der Waals surface area contributed by atoms with Gasteiger partial charge in [-0.05, 0) is 19.4 Å². The molecule has 3 atom stereocenters. The highest BCUT2D eigenvalue weighted by molar-refractivity contribution is 5.05. The molecule has 7 nitrogen and oxygen atoms in total. The summed E-state index contributed by atoms with van der Waals surface area (Å²) in [6.45, 7) is 4.63. The molecule has 2 aliphatic rings. The van der Waals surface area contributed by atoms with Crippen molar-refractivity contribution in [3.63, 3.8) is 0 Å². The molecule has 7 heteroatoms. The molecular weight excluding hydrogens is 212 g/mol. The van der Waals surface area contributed by atoms with E-state index in [4.69, 9.17) is 25.5 Å². The van der Waals surface area contributed by atoms with Crippen molar-refractivity contribution in [2.24, 2.45) is 10.8 Å². The Labute approximate surface area is 93.5 Å². The third-order valence-corrected chi connectivity index (χ3v) is 2.93. The van der Waals surface area contributed by atoms with Crippen molar-refractivity contribution in [1.29, 1.82) is 0 Å². The summed E-state index contributed by atoms with van der Waals surface area (Å²) in [5.74, 6) is -0.664. The molecule has 2 N–H and O–H groups in total. The molecule has 0 saturated carbocycles. The van der Waals surface area contributed by atoms with Gasteiger partial charge in [0.15, 0.2) is 5.79 Å². The summed E-state index contributed by atoms with van der Waals surface area (Å²) >= 11 is 0. The number of nitrogens with two attached hydrogens (primary N) is 1. The molecular formula is C9H16N4O3. The Balaban J connectivity index is 2.16. The quantitative estimate of drug-likeness (QED) is 0.432. The van der Waals surface area contributed by atoms with Crippen molar-refractivity contribution in [2.45, 2.75) is 37.4 Å². The van der Waals surface area contributed by atoms with Crippen LogP contribution in [-0.4, -0.2) is 43.3 Å². The maximum Gasteiger partial charge on any atom is 0.164 e. The Morgan fingerprint density at radius 3 is 2.94 bits per heavy atom. The number of hydrogen-bond donors (Lipinski definition) is 1. The van der Waals surface area contributed by atoms with E-state index >= 15 is 0 Å². The zero-order valence-electron chi connectivity index (χ0n) is 9.42. The maximum absolute atomic E-state index is 8.30. The van der Waals surface area contributed by atoms with Gasteiger partial charge in [0.05, 0.1) is 19.3 Å². The molecule has 2 heterocycles. The van der Waals surface area contributed by atoms with E-state index in [1.165, 1.54) is 0 Å². The summed E-state index contributed by atoms with van der Waals surface area (Å²) in [7, 11) is 0. The summed E-state index contributed by atoms with van der Waals surface area (Å²) in [6.07, 6.45) is -0.542. The van der Waals surface area contributed by atoms with Gasteiger partial charge in [-0.15, -0.1) is 0 Å². The minimum absolute atomic E-state index is 0.238. The van der Waals surface area contributed by atoms with Crippen LogP contribution < -0.4 is 5.73 Å². The number of nitrogens with zero attached hydrogens (tertiary/aromatic N) is 3. The van der Waals surface area contributed by atoms with E-state index in [0.29, 0.717) is 13.2 Å². The summed E-state index contributed by atoms with van der Waals surface area (Å²) in [5, 5.41) is 3.51. The minimum Gasteiger partial charge on any atom is -0.372 e. The fourth-order valence-electron chi connectivity index (χ4n) is 2.33. The molecule has 16 heavy (non-hydrogen) atoms. The van der Waals surface area contributed by atoms with Gasteiger partial charge in [-0.3, -0.25) is 0 Å². The fraction of sp³-hybridized carbons (Fsp3) is 1.00. The molecule has 0 radical (unpaired) electrons. The largest absolute Gasteiger partial charge is 0.372 e. The van der Waals surface area contributed by atoms with Gasteiger partial charge in [0, 0.05) is 11.5 Å². The number of hydrogen-bond acceptors (Lipinski definition) is 5. The van der Waals surface area contributed by atoms with Crippen molar-refractivity contribution in [1.82, 2.24) is 0 Å². The van der Waals surface area contributed by atoms with Gasteiger partial charge in [-0.25, -0.2) is 0 Å². The highest BCUT2D eigenvalue weighted by Crippen LogP contribution is 2.42. The third-order valence-electron chi connectivity index (χ3n) is 2.93. The maximum atomic E-state index is 8.30. The molecule has 90 valence electrons. The van der Waals surface area contributed by atoms with Gasteiger partial charge in [-0.2, -0.15) is 0 Å². The van der Waals surface area contributed by atoms with Crippen molar-refractivity contribution in [2.75, 3.05) is 19.7 Å². The molecule has 0 aromatic heterocycles. The highest BCUT2D eigenvalue weighted by Gasteiger charge is 2.59. The minimum atomic E-state index is -0.664. The van der Waals surface area contributed by atoms with E-state index in [2.05, 4.69) is 10.0 Å². The van der Waals surface area contributed by atoms with Crippen LogP contribution in [0, 0.1) is 0 Å². The van der Waals surface area contributed by atoms with Crippen LogP contribution in [0.2, 0.25) is 0 Å². The SMILES string of the molecule is CC1(C)O[C@@H]2[C@@H](CN=[N+]=[N-])OC[C@]2(CN)O1. The zero-order valence-corrected chi connectivity index (χ0v) is 9.42. The van der Waals surface area contributed by atoms with E-state index in [1.54, 1.807) is 0 Å². The second-order valence-corrected chi connectivity index (χ2v) is 4.57. The van der Waals surface area contributed by atoms with Gasteiger partial charge in [-0.1, -0.05) is 5.11 Å². The van der Waals surface area contributed by atoms with Crippen LogP contribution in [0.25, 0.3) is 10.4 Å². The molecule has 2 aliphatic heterocycles. The molecule has 2 rings (SSSR count). The van der Waals surface area contributed by atoms with Crippen LogP contribution in [0.4, 0.5) is 0 Å². The Morgan fingerprint density at radius 1 is 1.56 bits per heavy atom. The van der Waals surface area contributed by atoms with E-state index in [0.717, 1.165) is 0 Å². The lowest BCUT2D eigenvalue weighted by molar-refractivity contribution is -0.187. The summed E-state index contributed by atoms with van der Waals surface area (Å²) in [4.78, 5) is 2.72. The summed E-state index contributed by atoms with van der Waals surface area (Å²) < 4.78 is 17.1. The lowest BCUT2D eigenvalue weighted by Crippen LogP contribution is -2.48. The molecule has 0 spiro atoms. The first kappa shape index (κ1) is 11.6. The van der Waals surface area contributed by atoms with Crippen molar-refractivity contribution in [3.8, 4) is 0 Å². The van der Waals surface area contributed by atoms with Crippen molar-refractivity contribution < 1.29 is 14.2 Å². The number of fused-ring (bicyclic) bond motifs is 1. The van der Waals surface area contributed by atoms with Crippen LogP contribution in [0.3, 0.4) is 0 Å². The molecule has 0 aromatic carbocycles. The Bertz CT molecular complexity index is 329. The van der Waals surface area contributed by atoms with Crippen LogP contribution in [0.1, 0.15) is 13.8 Å². The Morgan fingerprint density at radius 2 is 2.31 bits per heavy atom. The normalized spacial score (nSPS) is 40.4. The second kappa shape index (κ2) is 3.87. The molecule has 0 bridgehead atoms. The molecule has 0 aliphatic carbocycles. The van der Waals surface area contributed by atoms with Crippen LogP contribution in [-0.2, 0) is 14.2 Å². The van der Waals surface area contributed by atoms with Gasteiger partial charge in [0.2, 0.25) is 0 Å². The first-order valence-corrected chi connectivity index (χ1v) is 5.23. The van der Waals surface area contributed by atoms with E-state index < -0.39 is 11.4 Å². The molecule has 0 unspecified atom stereocenters. The first-order chi connectivity index (χ1) is 7.53. The average Bonchev–Trinajstić information content (AvgIpc) is 2.67. The van der Waals surface area contributed by atoms with Crippen LogP contribution in [0.15, 0.2) is 5.11 Å². The zero-order chi connectivity index (χ0) is 11.8. The lowest BCUT2D eigenvalue weighted by Gasteiger charge is -2.24. The van der Waals surface area contributed by atoms with Gasteiger partial charge >= 0.3 is 0 Å². The number of azide groups is 1.